The van der Waals surface area contributed by atoms with Crippen LogP contribution in [0.3, 0.4) is 0 Å². The minimum atomic E-state index is -3.22. The number of ether oxygens (including phenoxy) is 1. The summed E-state index contributed by atoms with van der Waals surface area (Å²) < 4.78 is 29.7. The molecule has 28 heavy (non-hydrogen) atoms. The molecule has 0 bridgehead atoms. The van der Waals surface area contributed by atoms with Gasteiger partial charge in [-0.25, -0.2) is 12.7 Å². The Kier molecular flexibility index (Phi) is 8.02. The second-order valence-electron chi connectivity index (χ2n) is 6.94. The zero-order valence-corrected chi connectivity index (χ0v) is 17.4. The van der Waals surface area contributed by atoms with Crippen molar-refractivity contribution in [2.75, 3.05) is 19.9 Å². The molecular formula is C21H28N2O4S. The smallest absolute Gasteiger partial charge is 0.258 e. The maximum Gasteiger partial charge on any atom is 0.258 e. The maximum absolute atomic E-state index is 12.1. The lowest BCUT2D eigenvalue weighted by atomic mass is 10.1. The van der Waals surface area contributed by atoms with Crippen molar-refractivity contribution in [1.29, 1.82) is 0 Å². The first-order valence-electron chi connectivity index (χ1n) is 9.20. The average Bonchev–Trinajstić information content (AvgIpc) is 2.66. The Balaban J connectivity index is 1.73. The Morgan fingerprint density at radius 1 is 1.07 bits per heavy atom. The zero-order chi connectivity index (χ0) is 20.6. The summed E-state index contributed by atoms with van der Waals surface area (Å²) >= 11 is 0. The van der Waals surface area contributed by atoms with Gasteiger partial charge in [0.15, 0.2) is 6.61 Å². The summed E-state index contributed by atoms with van der Waals surface area (Å²) in [4.78, 5) is 12.1. The molecule has 2 rings (SSSR count). The predicted molar refractivity (Wildman–Crippen MR) is 111 cm³/mol. The molecule has 0 unspecified atom stereocenters. The number of nitrogens with one attached hydrogen (secondary N) is 1. The van der Waals surface area contributed by atoms with E-state index in [1.807, 2.05) is 25.1 Å². The summed E-state index contributed by atoms with van der Waals surface area (Å²) in [6, 6.07) is 17.3. The molecule has 7 heteroatoms. The number of carbonyl (C=O) groups is 1. The van der Waals surface area contributed by atoms with Gasteiger partial charge in [-0.2, -0.15) is 0 Å². The number of rotatable bonds is 10. The van der Waals surface area contributed by atoms with E-state index in [-0.39, 0.29) is 18.6 Å². The second kappa shape index (κ2) is 10.2. The van der Waals surface area contributed by atoms with E-state index in [0.717, 1.165) is 18.4 Å². The number of hydrogen-bond donors (Lipinski definition) is 1. The van der Waals surface area contributed by atoms with Crippen LogP contribution in [0.5, 0.6) is 5.75 Å². The van der Waals surface area contributed by atoms with Crippen LogP contribution in [0.4, 0.5) is 0 Å². The van der Waals surface area contributed by atoms with Crippen molar-refractivity contribution in [2.24, 2.45) is 0 Å². The van der Waals surface area contributed by atoms with Crippen molar-refractivity contribution in [2.45, 2.75) is 32.4 Å². The lowest BCUT2D eigenvalue weighted by molar-refractivity contribution is -0.123. The summed E-state index contributed by atoms with van der Waals surface area (Å²) in [5.41, 5.74) is 2.10. The van der Waals surface area contributed by atoms with Gasteiger partial charge >= 0.3 is 0 Å². The summed E-state index contributed by atoms with van der Waals surface area (Å²) in [6.45, 7) is 2.21. The van der Waals surface area contributed by atoms with Crippen LogP contribution in [-0.4, -0.2) is 44.6 Å². The third-order valence-corrected chi connectivity index (χ3v) is 5.64. The van der Waals surface area contributed by atoms with Crippen LogP contribution in [0.15, 0.2) is 54.6 Å². The summed E-state index contributed by atoms with van der Waals surface area (Å²) in [7, 11) is -1.69. The van der Waals surface area contributed by atoms with E-state index in [0.29, 0.717) is 12.3 Å². The van der Waals surface area contributed by atoms with E-state index < -0.39 is 10.0 Å². The summed E-state index contributed by atoms with van der Waals surface area (Å²) in [6.07, 6.45) is 2.94. The number of amides is 1. The average molecular weight is 405 g/mol. The SMILES string of the molecule is C[C@@H](CCc1ccccc1)NC(=O)COc1ccc(CN(C)S(C)(=O)=O)cc1. The molecule has 1 N–H and O–H groups in total. The van der Waals surface area contributed by atoms with E-state index in [2.05, 4.69) is 17.4 Å². The fourth-order valence-corrected chi connectivity index (χ4v) is 3.01. The van der Waals surface area contributed by atoms with Gasteiger partial charge in [-0.3, -0.25) is 4.79 Å². The number of carbonyl (C=O) groups excluding carboxylic acids is 1. The first-order chi connectivity index (χ1) is 13.2. The van der Waals surface area contributed by atoms with E-state index >= 15 is 0 Å². The van der Waals surface area contributed by atoms with E-state index in [1.165, 1.54) is 23.2 Å². The fourth-order valence-electron chi connectivity index (χ4n) is 2.63. The molecule has 0 aliphatic heterocycles. The summed E-state index contributed by atoms with van der Waals surface area (Å²) in [5, 5.41) is 2.94. The third kappa shape index (κ3) is 7.70. The fraction of sp³-hybridized carbons (Fsp3) is 0.381. The monoisotopic (exact) mass is 404 g/mol. The van der Waals surface area contributed by atoms with Gasteiger partial charge in [-0.15, -0.1) is 0 Å². The van der Waals surface area contributed by atoms with Crippen LogP contribution in [-0.2, 0) is 27.8 Å². The molecular weight excluding hydrogens is 376 g/mol. The van der Waals surface area contributed by atoms with Gasteiger partial charge < -0.3 is 10.1 Å². The molecule has 0 aromatic heterocycles. The molecule has 0 saturated carbocycles. The van der Waals surface area contributed by atoms with E-state index in [1.54, 1.807) is 24.3 Å². The second-order valence-corrected chi connectivity index (χ2v) is 9.03. The van der Waals surface area contributed by atoms with Gasteiger partial charge in [-0.1, -0.05) is 42.5 Å². The molecule has 1 amide bonds. The molecule has 0 aliphatic rings. The van der Waals surface area contributed by atoms with Gasteiger partial charge in [-0.05, 0) is 43.0 Å². The molecule has 2 aromatic rings. The highest BCUT2D eigenvalue weighted by Crippen LogP contribution is 2.14. The van der Waals surface area contributed by atoms with Crippen LogP contribution in [0.1, 0.15) is 24.5 Å². The van der Waals surface area contributed by atoms with Crippen molar-refractivity contribution in [3.8, 4) is 5.75 Å². The predicted octanol–water partition coefficient (Wildman–Crippen LogP) is 2.59. The maximum atomic E-state index is 12.1. The van der Waals surface area contributed by atoms with Gasteiger partial charge in [0.1, 0.15) is 5.75 Å². The molecule has 1 atom stereocenters. The van der Waals surface area contributed by atoms with Crippen molar-refractivity contribution < 1.29 is 17.9 Å². The molecule has 0 radical (unpaired) electrons. The molecule has 2 aromatic carbocycles. The van der Waals surface area contributed by atoms with Gasteiger partial charge in [0, 0.05) is 19.6 Å². The van der Waals surface area contributed by atoms with Crippen molar-refractivity contribution >= 4 is 15.9 Å². The highest BCUT2D eigenvalue weighted by Gasteiger charge is 2.12. The van der Waals surface area contributed by atoms with Crippen LogP contribution >= 0.6 is 0 Å². The number of nitrogens with zero attached hydrogens (tertiary/aromatic N) is 1. The van der Waals surface area contributed by atoms with Crippen LogP contribution < -0.4 is 10.1 Å². The zero-order valence-electron chi connectivity index (χ0n) is 16.6. The summed E-state index contributed by atoms with van der Waals surface area (Å²) in [5.74, 6) is 0.402. The standard InChI is InChI=1S/C21H28N2O4S/c1-17(9-10-18-7-5-4-6-8-18)22-21(24)16-27-20-13-11-19(12-14-20)15-23(2)28(3,25)26/h4-8,11-14,17H,9-10,15-16H2,1-3H3,(H,22,24)/t17-/m0/s1. The van der Waals surface area contributed by atoms with Crippen LogP contribution in [0.25, 0.3) is 0 Å². The molecule has 0 heterocycles. The number of sulfonamides is 1. The van der Waals surface area contributed by atoms with Gasteiger partial charge in [0.25, 0.3) is 5.91 Å². The topological polar surface area (TPSA) is 75.7 Å². The minimum absolute atomic E-state index is 0.0573. The van der Waals surface area contributed by atoms with Crippen molar-refractivity contribution in [3.63, 3.8) is 0 Å². The lowest BCUT2D eigenvalue weighted by Gasteiger charge is -2.15. The molecule has 6 nitrogen and oxygen atoms in total. The number of aryl methyl sites for hydroxylation is 1. The Bertz CT molecular complexity index is 852. The number of benzene rings is 2. The quantitative estimate of drug-likeness (QED) is 0.660. The highest BCUT2D eigenvalue weighted by atomic mass is 32.2. The first-order valence-corrected chi connectivity index (χ1v) is 11.0. The van der Waals surface area contributed by atoms with Gasteiger partial charge in [0.2, 0.25) is 10.0 Å². The Morgan fingerprint density at radius 3 is 2.32 bits per heavy atom. The number of hydrogen-bond acceptors (Lipinski definition) is 4. The molecule has 0 aliphatic carbocycles. The minimum Gasteiger partial charge on any atom is -0.484 e. The van der Waals surface area contributed by atoms with E-state index in [9.17, 15) is 13.2 Å². The Morgan fingerprint density at radius 2 is 1.71 bits per heavy atom. The van der Waals surface area contributed by atoms with Crippen LogP contribution in [0, 0.1) is 0 Å². The largest absolute Gasteiger partial charge is 0.484 e. The van der Waals surface area contributed by atoms with Crippen molar-refractivity contribution in [3.05, 3.63) is 65.7 Å². The van der Waals surface area contributed by atoms with Gasteiger partial charge in [0.05, 0.1) is 6.26 Å². The van der Waals surface area contributed by atoms with Crippen LogP contribution in [0.2, 0.25) is 0 Å². The highest BCUT2D eigenvalue weighted by molar-refractivity contribution is 7.88. The normalized spacial score (nSPS) is 12.6. The Labute approximate surface area is 167 Å². The molecule has 152 valence electrons. The third-order valence-electron chi connectivity index (χ3n) is 4.38. The molecule has 0 saturated heterocycles. The lowest BCUT2D eigenvalue weighted by Crippen LogP contribution is -2.36. The first kappa shape index (κ1) is 21.9. The molecule has 0 fully saturated rings. The molecule has 0 spiro atoms. The van der Waals surface area contributed by atoms with E-state index in [4.69, 9.17) is 4.74 Å². The Hall–Kier alpha value is -2.38. The van der Waals surface area contributed by atoms with Crippen molar-refractivity contribution in [1.82, 2.24) is 9.62 Å².